The Hall–Kier alpha value is -1.65. The van der Waals surface area contributed by atoms with Crippen molar-refractivity contribution in [2.45, 2.75) is 52.9 Å². The Balaban J connectivity index is 2.26. The number of carboxylic acid groups (broad SMARTS) is 1. The Morgan fingerprint density at radius 2 is 2.05 bits per heavy atom. The van der Waals surface area contributed by atoms with Crippen LogP contribution in [0.2, 0.25) is 0 Å². The Labute approximate surface area is 126 Å². The van der Waals surface area contributed by atoms with Gasteiger partial charge in [0.2, 0.25) is 0 Å². The number of aromatic carboxylic acids is 1. The van der Waals surface area contributed by atoms with Crippen molar-refractivity contribution in [3.63, 3.8) is 0 Å². The zero-order valence-corrected chi connectivity index (χ0v) is 13.4. The van der Waals surface area contributed by atoms with Crippen LogP contribution in [-0.2, 0) is 0 Å². The Kier molecular flexibility index (Phi) is 4.49. The number of hydrogen-bond acceptors (Lipinski definition) is 4. The van der Waals surface area contributed by atoms with Crippen LogP contribution in [0.3, 0.4) is 0 Å². The molecule has 0 aromatic carbocycles. The monoisotopic (exact) mass is 291 g/mol. The Morgan fingerprint density at radius 3 is 2.52 bits per heavy atom. The lowest BCUT2D eigenvalue weighted by molar-refractivity contribution is 0.0690. The van der Waals surface area contributed by atoms with E-state index in [1.54, 1.807) is 6.20 Å². The molecule has 116 valence electrons. The minimum atomic E-state index is -0.974. The van der Waals surface area contributed by atoms with Crippen LogP contribution in [0.15, 0.2) is 6.20 Å². The topological polar surface area (TPSA) is 66.3 Å². The van der Waals surface area contributed by atoms with E-state index < -0.39 is 5.97 Å². The van der Waals surface area contributed by atoms with Crippen LogP contribution < -0.4 is 4.90 Å². The van der Waals surface area contributed by atoms with Crippen molar-refractivity contribution in [2.75, 3.05) is 18.0 Å². The summed E-state index contributed by atoms with van der Waals surface area (Å²) in [5.41, 5.74) is 1.16. The van der Waals surface area contributed by atoms with Gasteiger partial charge in [0, 0.05) is 19.0 Å². The van der Waals surface area contributed by atoms with Gasteiger partial charge in [0.05, 0.1) is 11.9 Å². The molecule has 0 aliphatic carbocycles. The van der Waals surface area contributed by atoms with E-state index in [9.17, 15) is 9.90 Å². The summed E-state index contributed by atoms with van der Waals surface area (Å²) in [6.07, 6.45) is 5.00. The third-order valence-corrected chi connectivity index (χ3v) is 4.67. The Bertz CT molecular complexity index is 520. The molecule has 21 heavy (non-hydrogen) atoms. The first kappa shape index (κ1) is 15.7. The molecule has 2 rings (SSSR count). The maximum Gasteiger partial charge on any atom is 0.356 e. The van der Waals surface area contributed by atoms with Gasteiger partial charge in [0.15, 0.2) is 5.69 Å². The van der Waals surface area contributed by atoms with Gasteiger partial charge in [-0.3, -0.25) is 0 Å². The van der Waals surface area contributed by atoms with E-state index >= 15 is 0 Å². The number of nitrogens with zero attached hydrogens (tertiary/aromatic N) is 3. The smallest absolute Gasteiger partial charge is 0.356 e. The molecule has 1 aromatic rings. The van der Waals surface area contributed by atoms with Crippen LogP contribution in [-0.4, -0.2) is 34.1 Å². The minimum Gasteiger partial charge on any atom is -0.476 e. The lowest BCUT2D eigenvalue weighted by Crippen LogP contribution is -2.39. The maximum atomic E-state index is 11.5. The van der Waals surface area contributed by atoms with Crippen LogP contribution in [0.25, 0.3) is 0 Å². The summed E-state index contributed by atoms with van der Waals surface area (Å²) in [5, 5.41) is 9.43. The zero-order valence-electron chi connectivity index (χ0n) is 13.4. The average molecular weight is 291 g/mol. The van der Waals surface area contributed by atoms with Gasteiger partial charge in [0.1, 0.15) is 5.82 Å². The van der Waals surface area contributed by atoms with Gasteiger partial charge in [-0.1, -0.05) is 34.1 Å². The third-order valence-electron chi connectivity index (χ3n) is 4.67. The van der Waals surface area contributed by atoms with Gasteiger partial charge < -0.3 is 10.0 Å². The normalized spacial score (nSPS) is 18.0. The molecule has 1 N–H and O–H groups in total. The van der Waals surface area contributed by atoms with Gasteiger partial charge in [-0.25, -0.2) is 14.8 Å². The molecule has 1 fully saturated rings. The van der Waals surface area contributed by atoms with Gasteiger partial charge in [-0.15, -0.1) is 0 Å². The second-order valence-electron chi connectivity index (χ2n) is 6.57. The number of rotatable bonds is 4. The van der Waals surface area contributed by atoms with Crippen LogP contribution in [0.4, 0.5) is 5.69 Å². The summed E-state index contributed by atoms with van der Waals surface area (Å²) in [5.74, 6) is -0.258. The molecule has 1 aromatic heterocycles. The average Bonchev–Trinajstić information content (AvgIpc) is 2.47. The van der Waals surface area contributed by atoms with Crippen molar-refractivity contribution in [1.29, 1.82) is 0 Å². The van der Waals surface area contributed by atoms with E-state index in [0.29, 0.717) is 16.9 Å². The number of carbonyl (C=O) groups is 1. The molecule has 0 unspecified atom stereocenters. The van der Waals surface area contributed by atoms with Gasteiger partial charge in [0.25, 0.3) is 0 Å². The first-order chi connectivity index (χ1) is 9.86. The van der Waals surface area contributed by atoms with Crippen molar-refractivity contribution in [3.8, 4) is 0 Å². The highest BCUT2D eigenvalue weighted by Crippen LogP contribution is 2.36. The summed E-state index contributed by atoms with van der Waals surface area (Å²) in [6, 6.07) is 0. The molecule has 0 bridgehead atoms. The van der Waals surface area contributed by atoms with Crippen LogP contribution in [0.1, 0.15) is 69.2 Å². The number of aromatic nitrogens is 2. The highest BCUT2D eigenvalue weighted by Gasteiger charge is 2.30. The molecular formula is C16H25N3O2. The van der Waals surface area contributed by atoms with Crippen molar-refractivity contribution < 1.29 is 9.90 Å². The molecule has 0 spiro atoms. The molecular weight excluding hydrogens is 266 g/mol. The second kappa shape index (κ2) is 6.00. The summed E-state index contributed by atoms with van der Waals surface area (Å²) < 4.78 is 0. The van der Waals surface area contributed by atoms with E-state index in [1.807, 2.05) is 13.8 Å². The van der Waals surface area contributed by atoms with Crippen LogP contribution in [0, 0.1) is 5.41 Å². The van der Waals surface area contributed by atoms with E-state index in [0.717, 1.165) is 32.4 Å². The van der Waals surface area contributed by atoms with Crippen molar-refractivity contribution in [3.05, 3.63) is 17.7 Å². The molecule has 0 atom stereocenters. The number of hydrogen-bond donors (Lipinski definition) is 1. The van der Waals surface area contributed by atoms with Crippen molar-refractivity contribution in [1.82, 2.24) is 9.97 Å². The van der Waals surface area contributed by atoms with Crippen LogP contribution in [0.5, 0.6) is 0 Å². The molecule has 0 saturated carbocycles. The Morgan fingerprint density at radius 1 is 1.43 bits per heavy atom. The molecule has 1 aliphatic rings. The van der Waals surface area contributed by atoms with Crippen LogP contribution >= 0.6 is 0 Å². The first-order valence-electron chi connectivity index (χ1n) is 7.71. The third kappa shape index (κ3) is 3.34. The van der Waals surface area contributed by atoms with E-state index in [4.69, 9.17) is 0 Å². The van der Waals surface area contributed by atoms with Gasteiger partial charge >= 0.3 is 5.97 Å². The summed E-state index contributed by atoms with van der Waals surface area (Å²) >= 11 is 0. The highest BCUT2D eigenvalue weighted by atomic mass is 16.4. The minimum absolute atomic E-state index is 0.127. The largest absolute Gasteiger partial charge is 0.476 e. The molecule has 5 heteroatoms. The lowest BCUT2D eigenvalue weighted by Gasteiger charge is -2.40. The van der Waals surface area contributed by atoms with Crippen molar-refractivity contribution >= 4 is 11.7 Å². The molecule has 0 amide bonds. The highest BCUT2D eigenvalue weighted by molar-refractivity contribution is 5.92. The van der Waals surface area contributed by atoms with Gasteiger partial charge in [-0.2, -0.15) is 0 Å². The predicted octanol–water partition coefficient (Wildman–Crippen LogP) is 3.31. The van der Waals surface area contributed by atoms with E-state index in [1.165, 1.54) is 0 Å². The molecule has 2 heterocycles. The standard InChI is InChI=1S/C16H25N3O2/c1-5-16(4)6-8-19(9-7-16)12-10-17-14(11(2)3)18-13(12)15(20)21/h10-11H,5-9H2,1-4H3,(H,20,21). The summed E-state index contributed by atoms with van der Waals surface area (Å²) in [7, 11) is 0. The first-order valence-corrected chi connectivity index (χ1v) is 7.71. The second-order valence-corrected chi connectivity index (χ2v) is 6.57. The number of piperidine rings is 1. The fourth-order valence-electron chi connectivity index (χ4n) is 2.70. The van der Waals surface area contributed by atoms with Crippen molar-refractivity contribution in [2.24, 2.45) is 5.41 Å². The molecule has 0 radical (unpaired) electrons. The number of anilines is 1. The fraction of sp³-hybridized carbons (Fsp3) is 0.688. The fourth-order valence-corrected chi connectivity index (χ4v) is 2.70. The van der Waals surface area contributed by atoms with E-state index in [-0.39, 0.29) is 11.6 Å². The molecule has 1 aliphatic heterocycles. The van der Waals surface area contributed by atoms with E-state index in [2.05, 4.69) is 28.7 Å². The summed E-state index contributed by atoms with van der Waals surface area (Å²) in [4.78, 5) is 22.2. The quantitative estimate of drug-likeness (QED) is 0.921. The SMILES string of the molecule is CCC1(C)CCN(c2cnc(C(C)C)nc2C(=O)O)CC1. The number of carboxylic acids is 1. The molecule has 5 nitrogen and oxygen atoms in total. The summed E-state index contributed by atoms with van der Waals surface area (Å²) in [6.45, 7) is 10.2. The predicted molar refractivity (Wildman–Crippen MR) is 82.9 cm³/mol. The molecule has 1 saturated heterocycles. The maximum absolute atomic E-state index is 11.5. The van der Waals surface area contributed by atoms with Gasteiger partial charge in [-0.05, 0) is 18.3 Å². The zero-order chi connectivity index (χ0) is 15.6. The lowest BCUT2D eigenvalue weighted by atomic mass is 9.78.